The Bertz CT molecular complexity index is 587. The third-order valence-electron chi connectivity index (χ3n) is 3.14. The molecule has 0 aromatic heterocycles. The summed E-state index contributed by atoms with van der Waals surface area (Å²) in [5.74, 6) is 0.751. The molecule has 5 heteroatoms. The summed E-state index contributed by atoms with van der Waals surface area (Å²) in [6.45, 7) is 0.496. The standard InChI is InChI=1S/C16H17Cl2NO2/c17-14-6-1-11(9-15(14)18)10-21-13-4-2-12(3-5-13)16(19)7-8-20/h1-6,9,16,20H,7-8,10,19H2. The fraction of sp³-hybridized carbons (Fsp3) is 0.250. The van der Waals surface area contributed by atoms with Gasteiger partial charge in [-0.15, -0.1) is 0 Å². The van der Waals surface area contributed by atoms with Crippen LogP contribution in [-0.2, 0) is 6.61 Å². The lowest BCUT2D eigenvalue weighted by molar-refractivity contribution is 0.276. The molecule has 0 aliphatic carbocycles. The second-order valence-corrected chi connectivity index (χ2v) is 5.54. The normalized spacial score (nSPS) is 12.2. The monoisotopic (exact) mass is 325 g/mol. The number of ether oxygens (including phenoxy) is 1. The zero-order chi connectivity index (χ0) is 15.2. The van der Waals surface area contributed by atoms with E-state index in [0.29, 0.717) is 23.1 Å². The molecule has 3 N–H and O–H groups in total. The fourth-order valence-corrected chi connectivity index (χ4v) is 2.23. The van der Waals surface area contributed by atoms with Gasteiger partial charge in [-0.2, -0.15) is 0 Å². The molecule has 0 saturated carbocycles. The van der Waals surface area contributed by atoms with Crippen molar-refractivity contribution in [2.45, 2.75) is 19.1 Å². The third-order valence-corrected chi connectivity index (χ3v) is 3.88. The van der Waals surface area contributed by atoms with Crippen LogP contribution in [0.5, 0.6) is 5.75 Å². The number of rotatable bonds is 6. The summed E-state index contributed by atoms with van der Waals surface area (Å²) in [5.41, 5.74) is 7.85. The Balaban J connectivity index is 1.95. The highest BCUT2D eigenvalue weighted by molar-refractivity contribution is 6.42. The van der Waals surface area contributed by atoms with E-state index in [-0.39, 0.29) is 12.6 Å². The highest BCUT2D eigenvalue weighted by atomic mass is 35.5. The van der Waals surface area contributed by atoms with Gasteiger partial charge in [0, 0.05) is 12.6 Å². The van der Waals surface area contributed by atoms with Gasteiger partial charge in [-0.25, -0.2) is 0 Å². The molecule has 0 heterocycles. The minimum absolute atomic E-state index is 0.0801. The van der Waals surface area contributed by atoms with Crippen LogP contribution in [0.4, 0.5) is 0 Å². The summed E-state index contributed by atoms with van der Waals surface area (Å²) in [5, 5.41) is 9.93. The molecule has 0 saturated heterocycles. The van der Waals surface area contributed by atoms with Gasteiger partial charge in [0.1, 0.15) is 12.4 Å². The lowest BCUT2D eigenvalue weighted by Crippen LogP contribution is -2.11. The topological polar surface area (TPSA) is 55.5 Å². The predicted octanol–water partition coefficient (Wildman–Crippen LogP) is 3.95. The highest BCUT2D eigenvalue weighted by Gasteiger charge is 2.05. The molecule has 0 bridgehead atoms. The number of hydrogen-bond acceptors (Lipinski definition) is 3. The van der Waals surface area contributed by atoms with Crippen LogP contribution in [0.3, 0.4) is 0 Å². The van der Waals surface area contributed by atoms with Crippen LogP contribution in [0.2, 0.25) is 10.0 Å². The Morgan fingerprint density at radius 2 is 1.76 bits per heavy atom. The Morgan fingerprint density at radius 3 is 2.38 bits per heavy atom. The summed E-state index contributed by atoms with van der Waals surface area (Å²) >= 11 is 11.8. The lowest BCUT2D eigenvalue weighted by atomic mass is 10.1. The van der Waals surface area contributed by atoms with Crippen molar-refractivity contribution >= 4 is 23.2 Å². The van der Waals surface area contributed by atoms with Gasteiger partial charge < -0.3 is 15.6 Å². The van der Waals surface area contributed by atoms with Gasteiger partial charge in [0.05, 0.1) is 10.0 Å². The van der Waals surface area contributed by atoms with Crippen LogP contribution < -0.4 is 10.5 Å². The second-order valence-electron chi connectivity index (χ2n) is 4.72. The quantitative estimate of drug-likeness (QED) is 0.845. The summed E-state index contributed by atoms with van der Waals surface area (Å²) < 4.78 is 5.69. The minimum atomic E-state index is -0.154. The Morgan fingerprint density at radius 1 is 1.05 bits per heavy atom. The molecule has 2 aromatic carbocycles. The van der Waals surface area contributed by atoms with Crippen LogP contribution in [-0.4, -0.2) is 11.7 Å². The number of nitrogens with two attached hydrogens (primary N) is 1. The first-order chi connectivity index (χ1) is 10.1. The number of hydrogen-bond donors (Lipinski definition) is 2. The largest absolute Gasteiger partial charge is 0.489 e. The molecule has 112 valence electrons. The minimum Gasteiger partial charge on any atom is -0.489 e. The second kappa shape index (κ2) is 7.66. The number of aliphatic hydroxyl groups excluding tert-OH is 1. The molecule has 2 aromatic rings. The van der Waals surface area contributed by atoms with Crippen molar-refractivity contribution in [3.05, 3.63) is 63.6 Å². The van der Waals surface area contributed by atoms with Crippen molar-refractivity contribution in [1.29, 1.82) is 0 Å². The average molecular weight is 326 g/mol. The number of aliphatic hydroxyl groups is 1. The third kappa shape index (κ3) is 4.61. The van der Waals surface area contributed by atoms with Crippen LogP contribution >= 0.6 is 23.2 Å². The van der Waals surface area contributed by atoms with E-state index in [1.165, 1.54) is 0 Å². The highest BCUT2D eigenvalue weighted by Crippen LogP contribution is 2.24. The molecule has 2 rings (SSSR count). The van der Waals surface area contributed by atoms with E-state index in [1.54, 1.807) is 12.1 Å². The molecule has 0 aliphatic rings. The van der Waals surface area contributed by atoms with Gasteiger partial charge >= 0.3 is 0 Å². The van der Waals surface area contributed by atoms with Crippen LogP contribution in [0.15, 0.2) is 42.5 Å². The van der Waals surface area contributed by atoms with E-state index in [4.69, 9.17) is 38.8 Å². The molecule has 1 unspecified atom stereocenters. The lowest BCUT2D eigenvalue weighted by Gasteiger charge is -2.12. The fourth-order valence-electron chi connectivity index (χ4n) is 1.91. The van der Waals surface area contributed by atoms with E-state index < -0.39 is 0 Å². The van der Waals surface area contributed by atoms with Crippen molar-refractivity contribution in [1.82, 2.24) is 0 Å². The molecule has 21 heavy (non-hydrogen) atoms. The summed E-state index contributed by atoms with van der Waals surface area (Å²) in [6, 6.07) is 12.8. The maximum atomic E-state index is 8.88. The van der Waals surface area contributed by atoms with Crippen LogP contribution in [0.1, 0.15) is 23.6 Å². The summed E-state index contributed by atoms with van der Waals surface area (Å²) in [6.07, 6.45) is 0.545. The van der Waals surface area contributed by atoms with E-state index in [2.05, 4.69) is 0 Å². The summed E-state index contributed by atoms with van der Waals surface area (Å²) in [4.78, 5) is 0. The smallest absolute Gasteiger partial charge is 0.119 e. The Kier molecular flexibility index (Phi) is 5.88. The van der Waals surface area contributed by atoms with Gasteiger partial charge in [0.2, 0.25) is 0 Å². The van der Waals surface area contributed by atoms with Gasteiger partial charge in [0.25, 0.3) is 0 Å². The van der Waals surface area contributed by atoms with Crippen molar-refractivity contribution in [3.63, 3.8) is 0 Å². The average Bonchev–Trinajstić information content (AvgIpc) is 2.49. The van der Waals surface area contributed by atoms with E-state index in [9.17, 15) is 0 Å². The number of benzene rings is 2. The molecule has 0 amide bonds. The van der Waals surface area contributed by atoms with Crippen LogP contribution in [0, 0.1) is 0 Å². The van der Waals surface area contributed by atoms with Crippen LogP contribution in [0.25, 0.3) is 0 Å². The molecule has 0 aliphatic heterocycles. The van der Waals surface area contributed by atoms with Gasteiger partial charge in [-0.3, -0.25) is 0 Å². The first kappa shape index (κ1) is 16.1. The SMILES string of the molecule is NC(CCO)c1ccc(OCc2ccc(Cl)c(Cl)c2)cc1. The first-order valence-corrected chi connectivity index (χ1v) is 7.39. The van der Waals surface area contributed by atoms with Crippen molar-refractivity contribution in [2.75, 3.05) is 6.61 Å². The van der Waals surface area contributed by atoms with Gasteiger partial charge in [-0.05, 0) is 41.8 Å². The zero-order valence-corrected chi connectivity index (χ0v) is 12.9. The zero-order valence-electron chi connectivity index (χ0n) is 11.4. The van der Waals surface area contributed by atoms with Crippen molar-refractivity contribution < 1.29 is 9.84 Å². The molecular formula is C16H17Cl2NO2. The molecule has 0 radical (unpaired) electrons. The van der Waals surface area contributed by atoms with E-state index >= 15 is 0 Å². The van der Waals surface area contributed by atoms with Crippen molar-refractivity contribution in [2.24, 2.45) is 5.73 Å². The Hall–Kier alpha value is -1.26. The summed E-state index contributed by atoms with van der Waals surface area (Å²) in [7, 11) is 0. The van der Waals surface area contributed by atoms with Crippen molar-refractivity contribution in [3.8, 4) is 5.75 Å². The first-order valence-electron chi connectivity index (χ1n) is 6.63. The maximum absolute atomic E-state index is 8.88. The molecule has 3 nitrogen and oxygen atoms in total. The molecule has 1 atom stereocenters. The molecule has 0 spiro atoms. The Labute approximate surface area is 134 Å². The maximum Gasteiger partial charge on any atom is 0.119 e. The van der Waals surface area contributed by atoms with E-state index in [1.807, 2.05) is 30.3 Å². The van der Waals surface area contributed by atoms with Gasteiger partial charge in [0.15, 0.2) is 0 Å². The molecular weight excluding hydrogens is 309 g/mol. The molecule has 0 fully saturated rings. The van der Waals surface area contributed by atoms with Gasteiger partial charge in [-0.1, -0.05) is 41.4 Å². The predicted molar refractivity (Wildman–Crippen MR) is 85.9 cm³/mol. The van der Waals surface area contributed by atoms with E-state index in [0.717, 1.165) is 16.9 Å². The number of halogens is 2.